The van der Waals surface area contributed by atoms with E-state index in [0.29, 0.717) is 28.3 Å². The van der Waals surface area contributed by atoms with Gasteiger partial charge in [0.25, 0.3) is 5.89 Å². The SMILES string of the molecule is Nc1cc(-c2nc(CC3CCOC3)no2)ccc1Cl. The fraction of sp³-hybridized carbons (Fsp3) is 0.385. The van der Waals surface area contributed by atoms with Gasteiger partial charge >= 0.3 is 0 Å². The second-order valence-electron chi connectivity index (χ2n) is 4.69. The number of nitrogens with zero attached hydrogens (tertiary/aromatic N) is 2. The number of rotatable bonds is 3. The summed E-state index contributed by atoms with van der Waals surface area (Å²) in [4.78, 5) is 4.38. The number of hydrogen-bond donors (Lipinski definition) is 1. The zero-order chi connectivity index (χ0) is 13.2. The molecule has 2 heterocycles. The molecule has 1 aromatic carbocycles. The van der Waals surface area contributed by atoms with Crippen molar-refractivity contribution in [3.8, 4) is 11.5 Å². The number of hydrogen-bond acceptors (Lipinski definition) is 5. The summed E-state index contributed by atoms with van der Waals surface area (Å²) in [6.45, 7) is 1.60. The monoisotopic (exact) mass is 279 g/mol. The van der Waals surface area contributed by atoms with Gasteiger partial charge in [0.2, 0.25) is 0 Å². The molecule has 5 nitrogen and oxygen atoms in total. The number of anilines is 1. The Bertz CT molecular complexity index is 579. The third-order valence-corrected chi connectivity index (χ3v) is 3.55. The molecule has 1 aliphatic heterocycles. The first-order chi connectivity index (χ1) is 9.22. The van der Waals surface area contributed by atoms with Crippen LogP contribution in [0.4, 0.5) is 5.69 Å². The average molecular weight is 280 g/mol. The van der Waals surface area contributed by atoms with Crippen LogP contribution in [0.2, 0.25) is 5.02 Å². The second-order valence-corrected chi connectivity index (χ2v) is 5.09. The smallest absolute Gasteiger partial charge is 0.257 e. The Morgan fingerprint density at radius 3 is 3.05 bits per heavy atom. The molecule has 1 aromatic heterocycles. The molecular weight excluding hydrogens is 266 g/mol. The number of nitrogen functional groups attached to an aromatic ring is 1. The van der Waals surface area contributed by atoms with E-state index in [1.54, 1.807) is 12.1 Å². The number of aromatic nitrogens is 2. The van der Waals surface area contributed by atoms with Gasteiger partial charge in [-0.1, -0.05) is 16.8 Å². The van der Waals surface area contributed by atoms with E-state index in [1.807, 2.05) is 6.07 Å². The van der Waals surface area contributed by atoms with Crippen LogP contribution in [0.1, 0.15) is 12.2 Å². The van der Waals surface area contributed by atoms with E-state index < -0.39 is 0 Å². The van der Waals surface area contributed by atoms with E-state index in [0.717, 1.165) is 31.6 Å². The van der Waals surface area contributed by atoms with Crippen molar-refractivity contribution in [2.24, 2.45) is 5.92 Å². The lowest BCUT2D eigenvalue weighted by Gasteiger charge is -2.01. The topological polar surface area (TPSA) is 74.2 Å². The number of benzene rings is 1. The number of ether oxygens (including phenoxy) is 1. The fourth-order valence-corrected chi connectivity index (χ4v) is 2.25. The van der Waals surface area contributed by atoms with Gasteiger partial charge in [-0.15, -0.1) is 0 Å². The highest BCUT2D eigenvalue weighted by Crippen LogP contribution is 2.26. The van der Waals surface area contributed by atoms with Crippen molar-refractivity contribution in [2.45, 2.75) is 12.8 Å². The molecule has 0 spiro atoms. The molecule has 1 atom stereocenters. The molecular formula is C13H14ClN3O2. The quantitative estimate of drug-likeness (QED) is 0.874. The van der Waals surface area contributed by atoms with Crippen molar-refractivity contribution >= 4 is 17.3 Å². The Labute approximate surface area is 115 Å². The van der Waals surface area contributed by atoms with Crippen molar-refractivity contribution in [1.29, 1.82) is 0 Å². The third kappa shape index (κ3) is 2.72. The molecule has 0 amide bonds. The van der Waals surface area contributed by atoms with E-state index in [1.165, 1.54) is 0 Å². The van der Waals surface area contributed by atoms with E-state index in [4.69, 9.17) is 26.6 Å². The first kappa shape index (κ1) is 12.4. The van der Waals surface area contributed by atoms with Gasteiger partial charge in [0.05, 0.1) is 10.7 Å². The van der Waals surface area contributed by atoms with Gasteiger partial charge in [-0.2, -0.15) is 4.98 Å². The fourth-order valence-electron chi connectivity index (χ4n) is 2.13. The van der Waals surface area contributed by atoms with Gasteiger partial charge in [0, 0.05) is 25.2 Å². The normalized spacial score (nSPS) is 18.9. The van der Waals surface area contributed by atoms with Crippen molar-refractivity contribution in [3.05, 3.63) is 29.0 Å². The van der Waals surface area contributed by atoms with Crippen LogP contribution in [0.5, 0.6) is 0 Å². The molecule has 6 heteroatoms. The maximum atomic E-state index is 5.88. The molecule has 0 radical (unpaired) electrons. The van der Waals surface area contributed by atoms with E-state index >= 15 is 0 Å². The highest BCUT2D eigenvalue weighted by molar-refractivity contribution is 6.33. The van der Waals surface area contributed by atoms with Gasteiger partial charge in [0.15, 0.2) is 5.82 Å². The Morgan fingerprint density at radius 2 is 2.32 bits per heavy atom. The van der Waals surface area contributed by atoms with Crippen molar-refractivity contribution in [2.75, 3.05) is 18.9 Å². The van der Waals surface area contributed by atoms with Crippen LogP contribution in [0.15, 0.2) is 22.7 Å². The van der Waals surface area contributed by atoms with Crippen LogP contribution in [-0.4, -0.2) is 23.4 Å². The minimum absolute atomic E-state index is 0.470. The van der Waals surface area contributed by atoms with Gasteiger partial charge in [0.1, 0.15) is 0 Å². The Hall–Kier alpha value is -1.59. The highest BCUT2D eigenvalue weighted by Gasteiger charge is 2.19. The summed E-state index contributed by atoms with van der Waals surface area (Å²) in [5.41, 5.74) is 7.04. The summed E-state index contributed by atoms with van der Waals surface area (Å²) in [5.74, 6) is 1.66. The highest BCUT2D eigenvalue weighted by atomic mass is 35.5. The van der Waals surface area contributed by atoms with Gasteiger partial charge in [-0.05, 0) is 30.5 Å². The van der Waals surface area contributed by atoms with Crippen LogP contribution in [0.25, 0.3) is 11.5 Å². The predicted octanol–water partition coefficient (Wildman–Crippen LogP) is 2.55. The molecule has 100 valence electrons. The summed E-state index contributed by atoms with van der Waals surface area (Å²) in [7, 11) is 0. The summed E-state index contributed by atoms with van der Waals surface area (Å²) in [6, 6.07) is 5.27. The summed E-state index contributed by atoms with van der Waals surface area (Å²) in [6.07, 6.45) is 1.84. The molecule has 2 N–H and O–H groups in total. The minimum Gasteiger partial charge on any atom is -0.398 e. The summed E-state index contributed by atoms with van der Waals surface area (Å²) < 4.78 is 10.6. The van der Waals surface area contributed by atoms with Crippen molar-refractivity contribution < 1.29 is 9.26 Å². The van der Waals surface area contributed by atoms with Crippen LogP contribution in [-0.2, 0) is 11.2 Å². The summed E-state index contributed by atoms with van der Waals surface area (Å²) in [5, 5.41) is 4.51. The number of nitrogens with two attached hydrogens (primary N) is 1. The van der Waals surface area contributed by atoms with Crippen molar-refractivity contribution in [1.82, 2.24) is 10.1 Å². The summed E-state index contributed by atoms with van der Waals surface area (Å²) >= 11 is 5.88. The van der Waals surface area contributed by atoms with E-state index in [2.05, 4.69) is 10.1 Å². The first-order valence-corrected chi connectivity index (χ1v) is 6.56. The lowest BCUT2D eigenvalue weighted by molar-refractivity contribution is 0.185. The van der Waals surface area contributed by atoms with Crippen LogP contribution in [0, 0.1) is 5.92 Å². The molecule has 1 aliphatic rings. The molecule has 1 saturated heterocycles. The molecule has 19 heavy (non-hydrogen) atoms. The maximum absolute atomic E-state index is 5.88. The number of halogens is 1. The Kier molecular flexibility index (Phi) is 3.40. The van der Waals surface area contributed by atoms with Crippen LogP contribution in [0.3, 0.4) is 0 Å². The molecule has 2 aromatic rings. The Balaban J connectivity index is 1.78. The van der Waals surface area contributed by atoms with Crippen LogP contribution >= 0.6 is 11.6 Å². The zero-order valence-corrected chi connectivity index (χ0v) is 11.1. The maximum Gasteiger partial charge on any atom is 0.257 e. The van der Waals surface area contributed by atoms with E-state index in [-0.39, 0.29) is 0 Å². The first-order valence-electron chi connectivity index (χ1n) is 6.18. The van der Waals surface area contributed by atoms with Crippen LogP contribution < -0.4 is 5.73 Å². The average Bonchev–Trinajstić information content (AvgIpc) is 3.05. The molecule has 0 aliphatic carbocycles. The van der Waals surface area contributed by atoms with Crippen molar-refractivity contribution in [3.63, 3.8) is 0 Å². The van der Waals surface area contributed by atoms with Gasteiger partial charge < -0.3 is 15.0 Å². The second kappa shape index (κ2) is 5.19. The standard InChI is InChI=1S/C13H14ClN3O2/c14-10-2-1-9(6-11(10)15)13-16-12(17-19-13)5-8-3-4-18-7-8/h1-2,6,8H,3-5,7,15H2. The molecule has 3 rings (SSSR count). The third-order valence-electron chi connectivity index (χ3n) is 3.21. The zero-order valence-electron chi connectivity index (χ0n) is 10.3. The Morgan fingerprint density at radius 1 is 1.42 bits per heavy atom. The predicted molar refractivity (Wildman–Crippen MR) is 71.8 cm³/mol. The molecule has 0 saturated carbocycles. The van der Waals surface area contributed by atoms with Gasteiger partial charge in [-0.3, -0.25) is 0 Å². The largest absolute Gasteiger partial charge is 0.398 e. The molecule has 1 unspecified atom stereocenters. The lowest BCUT2D eigenvalue weighted by Crippen LogP contribution is -2.04. The minimum atomic E-state index is 0.470. The van der Waals surface area contributed by atoms with E-state index in [9.17, 15) is 0 Å². The lowest BCUT2D eigenvalue weighted by atomic mass is 10.1. The molecule has 0 bridgehead atoms. The van der Waals surface area contributed by atoms with Gasteiger partial charge in [-0.25, -0.2) is 0 Å². The molecule has 1 fully saturated rings.